The van der Waals surface area contributed by atoms with Gasteiger partial charge in [-0.15, -0.1) is 0 Å². The predicted molar refractivity (Wildman–Crippen MR) is 110 cm³/mol. The lowest BCUT2D eigenvalue weighted by Crippen LogP contribution is -2.44. The Kier molecular flexibility index (Phi) is 7.91. The van der Waals surface area contributed by atoms with Gasteiger partial charge < -0.3 is 25.2 Å². The lowest BCUT2D eigenvalue weighted by Gasteiger charge is -2.27. The Labute approximate surface area is 167 Å². The summed E-state index contributed by atoms with van der Waals surface area (Å²) >= 11 is 0. The molecule has 7 heteroatoms. The minimum Gasteiger partial charge on any atom is -0.474 e. The Bertz CT molecular complexity index is 626. The number of hydrogen-bond donors (Lipinski definition) is 3. The number of nitrogens with one attached hydrogen (secondary N) is 2. The highest BCUT2D eigenvalue weighted by Gasteiger charge is 2.34. The largest absolute Gasteiger partial charge is 0.474 e. The molecule has 0 aromatic carbocycles. The predicted octanol–water partition coefficient (Wildman–Crippen LogP) is 2.25. The van der Waals surface area contributed by atoms with Crippen molar-refractivity contribution in [1.29, 1.82) is 0 Å². The van der Waals surface area contributed by atoms with Crippen LogP contribution in [-0.2, 0) is 11.3 Å². The van der Waals surface area contributed by atoms with Crippen molar-refractivity contribution in [2.24, 2.45) is 10.4 Å². The number of aliphatic hydroxyl groups is 1. The van der Waals surface area contributed by atoms with E-state index in [1.54, 1.807) is 13.2 Å². The lowest BCUT2D eigenvalue weighted by molar-refractivity contribution is 0.127. The van der Waals surface area contributed by atoms with Gasteiger partial charge >= 0.3 is 0 Å². The summed E-state index contributed by atoms with van der Waals surface area (Å²) < 4.78 is 11.6. The third-order valence-electron chi connectivity index (χ3n) is 5.78. The fourth-order valence-corrected chi connectivity index (χ4v) is 3.97. The summed E-state index contributed by atoms with van der Waals surface area (Å²) in [4.78, 5) is 8.68. The molecule has 1 aliphatic carbocycles. The van der Waals surface area contributed by atoms with E-state index in [-0.39, 0.29) is 12.0 Å². The van der Waals surface area contributed by atoms with E-state index in [9.17, 15) is 5.11 Å². The molecule has 0 bridgehead atoms. The summed E-state index contributed by atoms with van der Waals surface area (Å²) in [6, 6.07) is 4.00. The van der Waals surface area contributed by atoms with E-state index in [4.69, 9.17) is 9.47 Å². The number of aromatic nitrogens is 1. The average molecular weight is 391 g/mol. The summed E-state index contributed by atoms with van der Waals surface area (Å²) in [5.41, 5.74) is 1.10. The van der Waals surface area contributed by atoms with E-state index in [2.05, 4.69) is 20.6 Å². The molecule has 1 saturated carbocycles. The summed E-state index contributed by atoms with van der Waals surface area (Å²) in [5, 5.41) is 16.1. The number of nitrogens with zero attached hydrogens (tertiary/aromatic N) is 2. The second-order valence-corrected chi connectivity index (χ2v) is 7.94. The van der Waals surface area contributed by atoms with Gasteiger partial charge in [-0.05, 0) is 50.2 Å². The highest BCUT2D eigenvalue weighted by molar-refractivity contribution is 5.79. The average Bonchev–Trinajstić information content (AvgIpc) is 3.18. The molecular formula is C21H34N4O3. The number of guanidine groups is 1. The minimum absolute atomic E-state index is 0.00988. The Morgan fingerprint density at radius 3 is 2.93 bits per heavy atom. The first-order valence-electron chi connectivity index (χ1n) is 10.5. The van der Waals surface area contributed by atoms with Gasteiger partial charge in [-0.1, -0.05) is 6.42 Å². The first-order chi connectivity index (χ1) is 13.7. The Morgan fingerprint density at radius 1 is 1.36 bits per heavy atom. The Morgan fingerprint density at radius 2 is 2.21 bits per heavy atom. The zero-order chi connectivity index (χ0) is 19.7. The first-order valence-corrected chi connectivity index (χ1v) is 10.5. The molecule has 3 rings (SSSR count). The maximum atomic E-state index is 9.36. The maximum Gasteiger partial charge on any atom is 0.213 e. The molecule has 0 amide bonds. The SMILES string of the molecule is CN=C(NCc1ccnc(OC2CCCCC2)c1)NCC1(CCO)CCOC1. The van der Waals surface area contributed by atoms with Crippen LogP contribution in [0.3, 0.4) is 0 Å². The molecule has 0 radical (unpaired) electrons. The van der Waals surface area contributed by atoms with Crippen LogP contribution < -0.4 is 15.4 Å². The van der Waals surface area contributed by atoms with Crippen molar-refractivity contribution in [3.63, 3.8) is 0 Å². The van der Waals surface area contributed by atoms with E-state index < -0.39 is 0 Å². The molecule has 0 spiro atoms. The van der Waals surface area contributed by atoms with E-state index in [0.717, 1.165) is 50.4 Å². The van der Waals surface area contributed by atoms with Crippen LogP contribution in [0.4, 0.5) is 0 Å². The van der Waals surface area contributed by atoms with Gasteiger partial charge in [0.05, 0.1) is 6.61 Å². The van der Waals surface area contributed by atoms with E-state index in [1.165, 1.54) is 19.3 Å². The highest BCUT2D eigenvalue weighted by atomic mass is 16.5. The molecule has 2 heterocycles. The van der Waals surface area contributed by atoms with Crippen molar-refractivity contribution < 1.29 is 14.6 Å². The van der Waals surface area contributed by atoms with E-state index in [0.29, 0.717) is 25.1 Å². The van der Waals surface area contributed by atoms with Crippen molar-refractivity contribution >= 4 is 5.96 Å². The van der Waals surface area contributed by atoms with Gasteiger partial charge in [-0.2, -0.15) is 0 Å². The van der Waals surface area contributed by atoms with Crippen LogP contribution in [0, 0.1) is 5.41 Å². The zero-order valence-electron chi connectivity index (χ0n) is 17.0. The smallest absolute Gasteiger partial charge is 0.213 e. The molecule has 1 saturated heterocycles. The number of pyridine rings is 1. The minimum atomic E-state index is -0.00988. The topological polar surface area (TPSA) is 88.0 Å². The molecule has 156 valence electrons. The van der Waals surface area contributed by atoms with Crippen LogP contribution in [-0.4, -0.2) is 55.6 Å². The van der Waals surface area contributed by atoms with Crippen LogP contribution in [0.5, 0.6) is 5.88 Å². The van der Waals surface area contributed by atoms with Crippen LogP contribution >= 0.6 is 0 Å². The fraction of sp³-hybridized carbons (Fsp3) is 0.714. The maximum absolute atomic E-state index is 9.36. The molecule has 28 heavy (non-hydrogen) atoms. The molecule has 1 aromatic rings. The van der Waals surface area contributed by atoms with Gasteiger partial charge in [-0.25, -0.2) is 4.98 Å². The van der Waals surface area contributed by atoms with Gasteiger partial charge in [-0.3, -0.25) is 4.99 Å². The van der Waals surface area contributed by atoms with Gasteiger partial charge in [0.25, 0.3) is 0 Å². The summed E-state index contributed by atoms with van der Waals surface area (Å²) in [5.74, 6) is 1.45. The third-order valence-corrected chi connectivity index (χ3v) is 5.78. The normalized spacial score (nSPS) is 23.6. The van der Waals surface area contributed by atoms with Gasteiger partial charge in [0, 0.05) is 51.0 Å². The van der Waals surface area contributed by atoms with Gasteiger partial charge in [0.2, 0.25) is 5.88 Å². The van der Waals surface area contributed by atoms with Crippen LogP contribution in [0.15, 0.2) is 23.3 Å². The molecule has 1 aliphatic heterocycles. The second-order valence-electron chi connectivity index (χ2n) is 7.94. The third kappa shape index (κ3) is 6.07. The van der Waals surface area contributed by atoms with Crippen LogP contribution in [0.2, 0.25) is 0 Å². The van der Waals surface area contributed by atoms with Gasteiger partial charge in [0.15, 0.2) is 5.96 Å². The molecule has 1 unspecified atom stereocenters. The molecular weight excluding hydrogens is 356 g/mol. The summed E-state index contributed by atoms with van der Waals surface area (Å²) in [6.45, 7) is 3.00. The highest BCUT2D eigenvalue weighted by Crippen LogP contribution is 2.31. The molecule has 7 nitrogen and oxygen atoms in total. The Hall–Kier alpha value is -1.86. The molecule has 3 N–H and O–H groups in total. The van der Waals surface area contributed by atoms with Crippen molar-refractivity contribution in [2.75, 3.05) is 33.4 Å². The number of rotatable bonds is 8. The van der Waals surface area contributed by atoms with E-state index in [1.807, 2.05) is 12.1 Å². The number of aliphatic imine (C=N–C) groups is 1. The van der Waals surface area contributed by atoms with Crippen LogP contribution in [0.1, 0.15) is 50.5 Å². The molecule has 2 aliphatic rings. The van der Waals surface area contributed by atoms with Crippen LogP contribution in [0.25, 0.3) is 0 Å². The quantitative estimate of drug-likeness (QED) is 0.466. The van der Waals surface area contributed by atoms with E-state index >= 15 is 0 Å². The van der Waals surface area contributed by atoms with Crippen molar-refractivity contribution in [3.05, 3.63) is 23.9 Å². The van der Waals surface area contributed by atoms with Gasteiger partial charge in [0.1, 0.15) is 6.10 Å². The fourth-order valence-electron chi connectivity index (χ4n) is 3.97. The summed E-state index contributed by atoms with van der Waals surface area (Å²) in [6.07, 6.45) is 9.86. The number of aliphatic hydroxyl groups excluding tert-OH is 1. The number of ether oxygens (including phenoxy) is 2. The lowest BCUT2D eigenvalue weighted by atomic mass is 9.84. The van der Waals surface area contributed by atoms with Crippen molar-refractivity contribution in [2.45, 2.75) is 57.6 Å². The zero-order valence-corrected chi connectivity index (χ0v) is 17.0. The standard InChI is InChI=1S/C21H34N4O3/c1-22-20(25-15-21(8-11-26)9-12-27-16-21)24-14-17-7-10-23-19(13-17)28-18-5-3-2-4-6-18/h7,10,13,18,26H,2-6,8-9,11-12,14-16H2,1H3,(H2,22,24,25). The molecule has 1 aromatic heterocycles. The number of hydrogen-bond acceptors (Lipinski definition) is 5. The first kappa shape index (κ1) is 20.9. The molecule has 2 fully saturated rings. The monoisotopic (exact) mass is 390 g/mol. The van der Waals surface area contributed by atoms with Crippen molar-refractivity contribution in [3.8, 4) is 5.88 Å². The molecule has 1 atom stereocenters. The Balaban J connectivity index is 1.48. The summed E-state index contributed by atoms with van der Waals surface area (Å²) in [7, 11) is 1.77. The van der Waals surface area contributed by atoms with Crippen molar-refractivity contribution in [1.82, 2.24) is 15.6 Å². The second kappa shape index (κ2) is 10.6.